The third-order valence-electron chi connectivity index (χ3n) is 3.25. The van der Waals surface area contributed by atoms with Crippen LogP contribution in [-0.4, -0.2) is 31.3 Å². The van der Waals surface area contributed by atoms with Crippen LogP contribution in [0.15, 0.2) is 18.5 Å². The molecule has 0 saturated carbocycles. The predicted molar refractivity (Wildman–Crippen MR) is 82.1 cm³/mol. The van der Waals surface area contributed by atoms with Gasteiger partial charge in [0.15, 0.2) is 0 Å². The molecule has 0 amide bonds. The normalized spacial score (nSPS) is 14.3. The monoisotopic (exact) mass is 280 g/mol. The molecular formula is C16H28N2O2. The van der Waals surface area contributed by atoms with Crippen molar-refractivity contribution in [2.24, 2.45) is 5.92 Å². The lowest BCUT2D eigenvalue weighted by Gasteiger charge is -2.30. The number of methoxy groups -OCH3 is 1. The van der Waals surface area contributed by atoms with Crippen LogP contribution in [0.25, 0.3) is 0 Å². The van der Waals surface area contributed by atoms with E-state index >= 15 is 0 Å². The second kappa shape index (κ2) is 8.93. The Balaban J connectivity index is 2.95. The molecule has 1 N–H and O–H groups in total. The summed E-state index contributed by atoms with van der Waals surface area (Å²) in [6.45, 7) is 10.1. The van der Waals surface area contributed by atoms with Crippen molar-refractivity contribution in [2.75, 3.05) is 20.3 Å². The largest absolute Gasteiger partial charge is 0.492 e. The van der Waals surface area contributed by atoms with Crippen LogP contribution in [0.5, 0.6) is 5.75 Å². The number of nitrogens with zero attached hydrogens (tertiary/aromatic N) is 1. The molecule has 20 heavy (non-hydrogen) atoms. The second-order valence-corrected chi connectivity index (χ2v) is 5.28. The first-order valence-corrected chi connectivity index (χ1v) is 7.47. The maximum Gasteiger partial charge on any atom is 0.137 e. The number of likely N-dealkylation sites (N-methyl/N-ethyl adjacent to an activating group) is 1. The minimum atomic E-state index is 0.109. The van der Waals surface area contributed by atoms with Gasteiger partial charge < -0.3 is 14.8 Å². The van der Waals surface area contributed by atoms with Crippen molar-refractivity contribution in [3.05, 3.63) is 24.0 Å². The third-order valence-corrected chi connectivity index (χ3v) is 3.25. The number of hydrogen-bond acceptors (Lipinski definition) is 4. The lowest BCUT2D eigenvalue weighted by atomic mass is 9.94. The summed E-state index contributed by atoms with van der Waals surface area (Å²) in [5.74, 6) is 1.25. The second-order valence-electron chi connectivity index (χ2n) is 5.28. The molecule has 1 aromatic rings. The Kier molecular flexibility index (Phi) is 7.55. The number of ether oxygens (including phenoxy) is 2. The Bertz CT molecular complexity index is 382. The summed E-state index contributed by atoms with van der Waals surface area (Å²) >= 11 is 0. The fourth-order valence-electron chi connectivity index (χ4n) is 2.34. The fourth-order valence-corrected chi connectivity index (χ4v) is 2.34. The van der Waals surface area contributed by atoms with E-state index in [0.29, 0.717) is 5.92 Å². The van der Waals surface area contributed by atoms with Crippen LogP contribution in [0.3, 0.4) is 0 Å². The number of nitrogens with one attached hydrogen (secondary N) is 1. The quantitative estimate of drug-likeness (QED) is 0.754. The molecule has 0 spiro atoms. The van der Waals surface area contributed by atoms with Crippen LogP contribution in [0.4, 0.5) is 0 Å². The zero-order valence-corrected chi connectivity index (χ0v) is 13.3. The molecule has 4 nitrogen and oxygen atoms in total. The molecule has 0 bridgehead atoms. The van der Waals surface area contributed by atoms with Crippen LogP contribution in [0.2, 0.25) is 0 Å². The Hall–Kier alpha value is -1.13. The average molecular weight is 280 g/mol. The van der Waals surface area contributed by atoms with E-state index < -0.39 is 0 Å². The Morgan fingerprint density at radius 1 is 1.25 bits per heavy atom. The number of hydrogen-bond donors (Lipinski definition) is 1. The number of rotatable bonds is 9. The van der Waals surface area contributed by atoms with Gasteiger partial charge in [-0.3, -0.25) is 4.98 Å². The molecule has 2 atom stereocenters. The van der Waals surface area contributed by atoms with Gasteiger partial charge in [-0.05, 0) is 30.5 Å². The predicted octanol–water partition coefficient (Wildman–Crippen LogP) is 3.19. The molecule has 0 aliphatic heterocycles. The Morgan fingerprint density at radius 2 is 2.00 bits per heavy atom. The summed E-state index contributed by atoms with van der Waals surface area (Å²) in [5, 5.41) is 3.49. The van der Waals surface area contributed by atoms with Crippen molar-refractivity contribution < 1.29 is 9.47 Å². The summed E-state index contributed by atoms with van der Waals surface area (Å²) in [7, 11) is 1.76. The highest BCUT2D eigenvalue weighted by atomic mass is 16.5. The van der Waals surface area contributed by atoms with Gasteiger partial charge in [-0.2, -0.15) is 0 Å². The van der Waals surface area contributed by atoms with Gasteiger partial charge in [0.25, 0.3) is 0 Å². The molecule has 1 rings (SSSR count). The summed E-state index contributed by atoms with van der Waals surface area (Å²) < 4.78 is 11.3. The smallest absolute Gasteiger partial charge is 0.137 e. The van der Waals surface area contributed by atoms with Crippen LogP contribution >= 0.6 is 0 Å². The minimum absolute atomic E-state index is 0.109. The third kappa shape index (κ3) is 4.76. The highest BCUT2D eigenvalue weighted by Crippen LogP contribution is 2.26. The standard InChI is InChI=1S/C16H28N2O2/c1-6-8-20-14-9-13(10-17-11-14)15(18-7-2)16(19-5)12(3)4/h9-12,15-16,18H,6-8H2,1-5H3. The van der Waals surface area contributed by atoms with E-state index in [4.69, 9.17) is 9.47 Å². The van der Waals surface area contributed by atoms with Gasteiger partial charge in [-0.1, -0.05) is 27.7 Å². The van der Waals surface area contributed by atoms with Crippen LogP contribution in [0, 0.1) is 5.92 Å². The topological polar surface area (TPSA) is 43.4 Å². The molecule has 0 radical (unpaired) electrons. The van der Waals surface area contributed by atoms with Crippen LogP contribution < -0.4 is 10.1 Å². The minimum Gasteiger partial charge on any atom is -0.492 e. The number of aromatic nitrogens is 1. The summed E-state index contributed by atoms with van der Waals surface area (Å²) in [6.07, 6.45) is 4.76. The molecule has 1 aromatic heterocycles. The molecule has 0 saturated heterocycles. The maximum absolute atomic E-state index is 5.67. The Labute approximate surface area is 122 Å². The highest BCUT2D eigenvalue weighted by Gasteiger charge is 2.25. The summed E-state index contributed by atoms with van der Waals surface area (Å²) in [6, 6.07) is 2.19. The molecule has 0 aromatic carbocycles. The molecule has 2 unspecified atom stereocenters. The van der Waals surface area contributed by atoms with Gasteiger partial charge in [0.05, 0.1) is 24.9 Å². The molecule has 4 heteroatoms. The van der Waals surface area contributed by atoms with E-state index in [2.05, 4.69) is 44.1 Å². The van der Waals surface area contributed by atoms with Crippen LogP contribution in [-0.2, 0) is 4.74 Å². The van der Waals surface area contributed by atoms with Crippen LogP contribution in [0.1, 0.15) is 45.7 Å². The SMILES string of the molecule is CCCOc1cncc(C(NCC)C(OC)C(C)C)c1. The molecule has 1 heterocycles. The molecular weight excluding hydrogens is 252 g/mol. The first kappa shape index (κ1) is 16.9. The van der Waals surface area contributed by atoms with Crippen molar-refractivity contribution in [3.8, 4) is 5.75 Å². The fraction of sp³-hybridized carbons (Fsp3) is 0.688. The van der Waals surface area contributed by atoms with Crippen molar-refractivity contribution in [3.63, 3.8) is 0 Å². The summed E-state index contributed by atoms with van der Waals surface area (Å²) in [5.41, 5.74) is 1.11. The van der Waals surface area contributed by atoms with Gasteiger partial charge in [-0.25, -0.2) is 0 Å². The molecule has 0 fully saturated rings. The van der Waals surface area contributed by atoms with Gasteiger partial charge in [0.1, 0.15) is 5.75 Å². The molecule has 114 valence electrons. The van der Waals surface area contributed by atoms with E-state index in [9.17, 15) is 0 Å². The lowest BCUT2D eigenvalue weighted by molar-refractivity contribution is 0.0329. The van der Waals surface area contributed by atoms with Crippen molar-refractivity contribution in [1.29, 1.82) is 0 Å². The molecule has 0 aliphatic rings. The zero-order valence-electron chi connectivity index (χ0n) is 13.3. The summed E-state index contributed by atoms with van der Waals surface area (Å²) in [4.78, 5) is 4.30. The molecule has 0 aliphatic carbocycles. The van der Waals surface area contributed by atoms with Gasteiger partial charge in [0, 0.05) is 13.3 Å². The maximum atomic E-state index is 5.67. The average Bonchev–Trinajstić information content (AvgIpc) is 2.45. The van der Waals surface area contributed by atoms with E-state index in [1.807, 2.05) is 6.20 Å². The number of pyridine rings is 1. The van der Waals surface area contributed by atoms with Crippen molar-refractivity contribution in [1.82, 2.24) is 10.3 Å². The first-order chi connectivity index (χ1) is 9.63. The van der Waals surface area contributed by atoms with Crippen molar-refractivity contribution >= 4 is 0 Å². The van der Waals surface area contributed by atoms with Gasteiger partial charge in [-0.15, -0.1) is 0 Å². The van der Waals surface area contributed by atoms with Gasteiger partial charge in [0.2, 0.25) is 0 Å². The highest BCUT2D eigenvalue weighted by molar-refractivity contribution is 5.27. The van der Waals surface area contributed by atoms with Crippen molar-refractivity contribution in [2.45, 2.75) is 46.3 Å². The van der Waals surface area contributed by atoms with E-state index in [-0.39, 0.29) is 12.1 Å². The van der Waals surface area contributed by atoms with E-state index in [1.54, 1.807) is 13.3 Å². The van der Waals surface area contributed by atoms with E-state index in [0.717, 1.165) is 30.9 Å². The lowest BCUT2D eigenvalue weighted by Crippen LogP contribution is -2.36. The van der Waals surface area contributed by atoms with Gasteiger partial charge >= 0.3 is 0 Å². The van der Waals surface area contributed by atoms with E-state index in [1.165, 1.54) is 0 Å². The zero-order chi connectivity index (χ0) is 15.0. The first-order valence-electron chi connectivity index (χ1n) is 7.47. The Morgan fingerprint density at radius 3 is 2.55 bits per heavy atom.